The second-order valence-electron chi connectivity index (χ2n) is 5.02. The molecular weight excluding hydrogens is 256 g/mol. The first-order valence-electron chi connectivity index (χ1n) is 6.65. The SMILES string of the molecule is C=C(CCN)CN1CCc2cc(C(=O)NO)cnc2C1. The van der Waals surface area contributed by atoms with Gasteiger partial charge in [0.15, 0.2) is 0 Å². The van der Waals surface area contributed by atoms with Gasteiger partial charge >= 0.3 is 0 Å². The van der Waals surface area contributed by atoms with E-state index in [1.54, 1.807) is 11.5 Å². The van der Waals surface area contributed by atoms with E-state index in [9.17, 15) is 4.79 Å². The fraction of sp³-hybridized carbons (Fsp3) is 0.429. The van der Waals surface area contributed by atoms with Crippen molar-refractivity contribution < 1.29 is 10.0 Å². The Labute approximate surface area is 118 Å². The summed E-state index contributed by atoms with van der Waals surface area (Å²) in [6.07, 6.45) is 3.17. The van der Waals surface area contributed by atoms with Crippen LogP contribution in [0.1, 0.15) is 28.0 Å². The molecule has 0 saturated carbocycles. The van der Waals surface area contributed by atoms with Crippen LogP contribution in [0.15, 0.2) is 24.4 Å². The summed E-state index contributed by atoms with van der Waals surface area (Å²) in [5, 5.41) is 8.63. The highest BCUT2D eigenvalue weighted by Crippen LogP contribution is 2.19. The molecule has 20 heavy (non-hydrogen) atoms. The Balaban J connectivity index is 2.04. The molecule has 6 heteroatoms. The van der Waals surface area contributed by atoms with Crippen LogP contribution >= 0.6 is 0 Å². The van der Waals surface area contributed by atoms with Crippen LogP contribution in [0.25, 0.3) is 0 Å². The Hall–Kier alpha value is -1.76. The molecule has 0 fully saturated rings. The number of hydrogen-bond acceptors (Lipinski definition) is 5. The highest BCUT2D eigenvalue weighted by molar-refractivity contribution is 5.93. The number of aromatic nitrogens is 1. The maximum Gasteiger partial charge on any atom is 0.276 e. The second kappa shape index (κ2) is 6.60. The van der Waals surface area contributed by atoms with Gasteiger partial charge in [0.25, 0.3) is 5.91 Å². The monoisotopic (exact) mass is 276 g/mol. The van der Waals surface area contributed by atoms with Gasteiger partial charge < -0.3 is 5.73 Å². The molecule has 0 aliphatic carbocycles. The van der Waals surface area contributed by atoms with Gasteiger partial charge in [0.2, 0.25) is 0 Å². The standard InChI is InChI=1S/C14H20N4O2/c1-10(2-4-15)8-18-5-3-11-6-12(14(19)17-20)7-16-13(11)9-18/h6-7,20H,1-5,8-9,15H2,(H,17,19). The Morgan fingerprint density at radius 2 is 2.40 bits per heavy atom. The number of nitrogens with two attached hydrogens (primary N) is 1. The summed E-state index contributed by atoms with van der Waals surface area (Å²) >= 11 is 0. The van der Waals surface area contributed by atoms with Crippen molar-refractivity contribution in [1.29, 1.82) is 0 Å². The van der Waals surface area contributed by atoms with Gasteiger partial charge in [0.05, 0.1) is 11.3 Å². The Bertz CT molecular complexity index is 516. The van der Waals surface area contributed by atoms with E-state index in [-0.39, 0.29) is 0 Å². The molecule has 0 atom stereocenters. The molecule has 4 N–H and O–H groups in total. The molecule has 108 valence electrons. The Kier molecular flexibility index (Phi) is 4.84. The Morgan fingerprint density at radius 3 is 3.10 bits per heavy atom. The van der Waals surface area contributed by atoms with E-state index in [0.29, 0.717) is 12.1 Å². The zero-order valence-electron chi connectivity index (χ0n) is 11.4. The number of fused-ring (bicyclic) bond motifs is 1. The van der Waals surface area contributed by atoms with Gasteiger partial charge in [-0.25, -0.2) is 5.48 Å². The number of nitrogens with one attached hydrogen (secondary N) is 1. The van der Waals surface area contributed by atoms with Crippen LogP contribution in [0.2, 0.25) is 0 Å². The highest BCUT2D eigenvalue weighted by Gasteiger charge is 2.19. The normalized spacial score (nSPS) is 14.7. The number of hydroxylamine groups is 1. The average Bonchev–Trinajstić information content (AvgIpc) is 2.46. The lowest BCUT2D eigenvalue weighted by Crippen LogP contribution is -2.33. The Morgan fingerprint density at radius 1 is 1.60 bits per heavy atom. The number of carbonyl (C=O) groups is 1. The van der Waals surface area contributed by atoms with Crippen molar-refractivity contribution in [2.75, 3.05) is 19.6 Å². The van der Waals surface area contributed by atoms with Crippen molar-refractivity contribution in [3.8, 4) is 0 Å². The van der Waals surface area contributed by atoms with Crippen LogP contribution in [0, 0.1) is 0 Å². The molecule has 2 rings (SSSR count). The maximum absolute atomic E-state index is 11.3. The first kappa shape index (κ1) is 14.6. The van der Waals surface area contributed by atoms with Gasteiger partial charge in [-0.05, 0) is 31.0 Å². The first-order valence-corrected chi connectivity index (χ1v) is 6.65. The summed E-state index contributed by atoms with van der Waals surface area (Å²) < 4.78 is 0. The van der Waals surface area contributed by atoms with Crippen molar-refractivity contribution in [3.63, 3.8) is 0 Å². The van der Waals surface area contributed by atoms with E-state index in [4.69, 9.17) is 10.9 Å². The summed E-state index contributed by atoms with van der Waals surface area (Å²) in [5.74, 6) is -0.529. The molecule has 2 heterocycles. The molecule has 0 aromatic carbocycles. The van der Waals surface area contributed by atoms with Gasteiger partial charge in [-0.3, -0.25) is 19.9 Å². The van der Waals surface area contributed by atoms with E-state index in [0.717, 1.165) is 49.3 Å². The lowest BCUT2D eigenvalue weighted by molar-refractivity contribution is 0.0705. The number of pyridine rings is 1. The van der Waals surface area contributed by atoms with Gasteiger partial charge in [0, 0.05) is 25.8 Å². The zero-order chi connectivity index (χ0) is 14.5. The van der Waals surface area contributed by atoms with Gasteiger partial charge in [-0.1, -0.05) is 12.2 Å². The lowest BCUT2D eigenvalue weighted by atomic mass is 10.0. The van der Waals surface area contributed by atoms with E-state index < -0.39 is 5.91 Å². The van der Waals surface area contributed by atoms with Crippen LogP contribution in [0.3, 0.4) is 0 Å². The van der Waals surface area contributed by atoms with Crippen LogP contribution in [-0.4, -0.2) is 40.6 Å². The van der Waals surface area contributed by atoms with Crippen molar-refractivity contribution in [2.45, 2.75) is 19.4 Å². The highest BCUT2D eigenvalue weighted by atomic mass is 16.5. The van der Waals surface area contributed by atoms with Crippen molar-refractivity contribution in [1.82, 2.24) is 15.4 Å². The quantitative estimate of drug-likeness (QED) is 0.413. The maximum atomic E-state index is 11.3. The number of nitrogens with zero attached hydrogens (tertiary/aromatic N) is 2. The van der Waals surface area contributed by atoms with Crippen LogP contribution in [-0.2, 0) is 13.0 Å². The third-order valence-corrected chi connectivity index (χ3v) is 3.44. The molecule has 1 aromatic rings. The van der Waals surface area contributed by atoms with E-state index in [2.05, 4.69) is 16.5 Å². The van der Waals surface area contributed by atoms with E-state index in [1.165, 1.54) is 6.20 Å². The molecule has 1 aliphatic heterocycles. The fourth-order valence-corrected chi connectivity index (χ4v) is 2.39. The van der Waals surface area contributed by atoms with Gasteiger partial charge in [-0.2, -0.15) is 0 Å². The third-order valence-electron chi connectivity index (χ3n) is 3.44. The largest absolute Gasteiger partial charge is 0.330 e. The first-order chi connectivity index (χ1) is 9.63. The topological polar surface area (TPSA) is 91.5 Å². The predicted octanol–water partition coefficient (Wildman–Crippen LogP) is 0.464. The van der Waals surface area contributed by atoms with Crippen molar-refractivity contribution >= 4 is 5.91 Å². The third kappa shape index (κ3) is 3.41. The number of hydrogen-bond donors (Lipinski definition) is 3. The number of rotatable bonds is 5. The van der Waals surface area contributed by atoms with E-state index >= 15 is 0 Å². The molecule has 0 saturated heterocycles. The molecule has 6 nitrogen and oxygen atoms in total. The average molecular weight is 276 g/mol. The van der Waals surface area contributed by atoms with Gasteiger partial charge in [-0.15, -0.1) is 0 Å². The molecular formula is C14H20N4O2. The summed E-state index contributed by atoms with van der Waals surface area (Å²) in [7, 11) is 0. The lowest BCUT2D eigenvalue weighted by Gasteiger charge is -2.28. The van der Waals surface area contributed by atoms with Crippen molar-refractivity contribution in [2.24, 2.45) is 5.73 Å². The van der Waals surface area contributed by atoms with Crippen LogP contribution in [0.4, 0.5) is 0 Å². The van der Waals surface area contributed by atoms with Crippen LogP contribution < -0.4 is 11.2 Å². The molecule has 1 aliphatic rings. The summed E-state index contributed by atoms with van der Waals surface area (Å²) in [6.45, 7) is 7.13. The molecule has 0 radical (unpaired) electrons. The second-order valence-corrected chi connectivity index (χ2v) is 5.02. The van der Waals surface area contributed by atoms with Crippen molar-refractivity contribution in [3.05, 3.63) is 41.2 Å². The fourth-order valence-electron chi connectivity index (χ4n) is 2.39. The molecule has 1 aromatic heterocycles. The molecule has 0 spiro atoms. The molecule has 0 bridgehead atoms. The summed E-state index contributed by atoms with van der Waals surface area (Å²) in [4.78, 5) is 17.9. The molecule has 1 amide bonds. The number of carbonyl (C=O) groups excluding carboxylic acids is 1. The zero-order valence-corrected chi connectivity index (χ0v) is 11.4. The summed E-state index contributed by atoms with van der Waals surface area (Å²) in [6, 6.07) is 1.79. The van der Waals surface area contributed by atoms with E-state index in [1.807, 2.05) is 0 Å². The summed E-state index contributed by atoms with van der Waals surface area (Å²) in [5.41, 5.74) is 10.7. The minimum Gasteiger partial charge on any atom is -0.330 e. The predicted molar refractivity (Wildman–Crippen MR) is 75.3 cm³/mol. The van der Waals surface area contributed by atoms with Gasteiger partial charge in [0.1, 0.15) is 0 Å². The van der Waals surface area contributed by atoms with Crippen LogP contribution in [0.5, 0.6) is 0 Å². The molecule has 0 unspecified atom stereocenters. The smallest absolute Gasteiger partial charge is 0.276 e. The minimum atomic E-state index is -0.529. The minimum absolute atomic E-state index is 0.382. The number of amides is 1.